The highest BCUT2D eigenvalue weighted by Gasteiger charge is 2.30. The molecule has 0 atom stereocenters. The summed E-state index contributed by atoms with van der Waals surface area (Å²) >= 11 is 0. The molecule has 2 aromatic rings. The highest BCUT2D eigenvalue weighted by Crippen LogP contribution is 2.32. The molecule has 1 heterocycles. The van der Waals surface area contributed by atoms with Gasteiger partial charge < -0.3 is 19.5 Å². The summed E-state index contributed by atoms with van der Waals surface area (Å²) in [6.45, 7) is 2.67. The Kier molecular flexibility index (Phi) is 7.70. The molecule has 32 heavy (non-hydrogen) atoms. The lowest BCUT2D eigenvalue weighted by atomic mass is 10.2. The molecule has 0 saturated carbocycles. The van der Waals surface area contributed by atoms with Crippen LogP contribution in [0.4, 0.5) is 5.69 Å². The third-order valence-corrected chi connectivity index (χ3v) is 6.81. The molecule has 3 rings (SSSR count). The highest BCUT2D eigenvalue weighted by molar-refractivity contribution is 7.89. The standard InChI is InChI=1S/C22H26N2O7S/c1-3-30-19-9-7-17(13-21(19)32(27,28)24-10-4-5-11-24)23-22(26)15-31-18-8-6-16(14-25)12-20(18)29-2/h6-9,12-14H,3-5,10-11,15H2,1-2H3,(H,23,26). The number of carbonyl (C=O) groups excluding carboxylic acids is 2. The Morgan fingerprint density at radius 1 is 1.06 bits per heavy atom. The van der Waals surface area contributed by atoms with E-state index in [1.165, 1.54) is 35.7 Å². The molecule has 0 aliphatic carbocycles. The molecule has 0 spiro atoms. The third-order valence-electron chi connectivity index (χ3n) is 4.89. The average Bonchev–Trinajstić information content (AvgIpc) is 3.34. The van der Waals surface area contributed by atoms with Gasteiger partial charge in [0.05, 0.1) is 13.7 Å². The van der Waals surface area contributed by atoms with Crippen LogP contribution in [0.15, 0.2) is 41.3 Å². The minimum absolute atomic E-state index is 0.0195. The van der Waals surface area contributed by atoms with Gasteiger partial charge in [-0.1, -0.05) is 0 Å². The van der Waals surface area contributed by atoms with Gasteiger partial charge in [0.2, 0.25) is 10.0 Å². The summed E-state index contributed by atoms with van der Waals surface area (Å²) in [7, 11) is -2.31. The molecule has 0 unspecified atom stereocenters. The van der Waals surface area contributed by atoms with Crippen LogP contribution in [0, 0.1) is 0 Å². The number of ether oxygens (including phenoxy) is 3. The van der Waals surface area contributed by atoms with Crippen molar-refractivity contribution in [2.24, 2.45) is 0 Å². The summed E-state index contributed by atoms with van der Waals surface area (Å²) in [6, 6.07) is 9.09. The van der Waals surface area contributed by atoms with Crippen molar-refractivity contribution in [3.63, 3.8) is 0 Å². The predicted molar refractivity (Wildman–Crippen MR) is 118 cm³/mol. The number of amides is 1. The van der Waals surface area contributed by atoms with Crippen molar-refractivity contribution >= 4 is 27.9 Å². The van der Waals surface area contributed by atoms with Crippen molar-refractivity contribution in [3.05, 3.63) is 42.0 Å². The van der Waals surface area contributed by atoms with E-state index in [0.29, 0.717) is 48.7 Å². The quantitative estimate of drug-likeness (QED) is 0.541. The highest BCUT2D eigenvalue weighted by atomic mass is 32.2. The Labute approximate surface area is 187 Å². The molecule has 10 heteroatoms. The van der Waals surface area contributed by atoms with Crippen LogP contribution in [0.5, 0.6) is 17.2 Å². The van der Waals surface area contributed by atoms with Gasteiger partial charge in [-0.3, -0.25) is 9.59 Å². The number of benzene rings is 2. The second-order valence-corrected chi connectivity index (χ2v) is 8.98. The summed E-state index contributed by atoms with van der Waals surface area (Å²) in [6.07, 6.45) is 2.31. The van der Waals surface area contributed by atoms with E-state index in [4.69, 9.17) is 14.2 Å². The van der Waals surface area contributed by atoms with E-state index >= 15 is 0 Å². The number of anilines is 1. The van der Waals surface area contributed by atoms with Crippen LogP contribution in [0.2, 0.25) is 0 Å². The summed E-state index contributed by atoms with van der Waals surface area (Å²) in [5, 5.41) is 2.65. The normalized spacial score (nSPS) is 14.1. The number of rotatable bonds is 10. The van der Waals surface area contributed by atoms with Gasteiger partial charge in [0.25, 0.3) is 5.91 Å². The minimum atomic E-state index is -3.74. The van der Waals surface area contributed by atoms with Crippen molar-refractivity contribution in [2.45, 2.75) is 24.7 Å². The first-order chi connectivity index (χ1) is 15.4. The average molecular weight is 463 g/mol. The smallest absolute Gasteiger partial charge is 0.262 e. The Morgan fingerprint density at radius 2 is 1.78 bits per heavy atom. The monoisotopic (exact) mass is 462 g/mol. The maximum Gasteiger partial charge on any atom is 0.262 e. The van der Waals surface area contributed by atoms with E-state index in [2.05, 4.69) is 5.32 Å². The van der Waals surface area contributed by atoms with Crippen molar-refractivity contribution in [1.29, 1.82) is 0 Å². The SMILES string of the molecule is CCOc1ccc(NC(=O)COc2ccc(C=O)cc2OC)cc1S(=O)(=O)N1CCCC1. The number of methoxy groups -OCH3 is 1. The summed E-state index contributed by atoms with van der Waals surface area (Å²) in [4.78, 5) is 23.3. The number of carbonyl (C=O) groups is 2. The van der Waals surface area contributed by atoms with Crippen molar-refractivity contribution in [1.82, 2.24) is 4.31 Å². The van der Waals surface area contributed by atoms with Crippen LogP contribution < -0.4 is 19.5 Å². The van der Waals surface area contributed by atoms with Gasteiger partial charge in [-0.25, -0.2) is 8.42 Å². The van der Waals surface area contributed by atoms with Crippen LogP contribution in [-0.2, 0) is 14.8 Å². The molecule has 1 amide bonds. The molecule has 172 valence electrons. The van der Waals surface area contributed by atoms with Crippen LogP contribution in [0.1, 0.15) is 30.1 Å². The van der Waals surface area contributed by atoms with Crippen LogP contribution in [0.3, 0.4) is 0 Å². The molecule has 1 fully saturated rings. The maximum absolute atomic E-state index is 13.1. The molecular weight excluding hydrogens is 436 g/mol. The first-order valence-electron chi connectivity index (χ1n) is 10.2. The largest absolute Gasteiger partial charge is 0.493 e. The molecule has 0 bridgehead atoms. The third kappa shape index (κ3) is 5.38. The van der Waals surface area contributed by atoms with Crippen LogP contribution >= 0.6 is 0 Å². The topological polar surface area (TPSA) is 111 Å². The van der Waals surface area contributed by atoms with Gasteiger partial charge in [0, 0.05) is 24.3 Å². The molecule has 1 aliphatic heterocycles. The number of nitrogens with one attached hydrogen (secondary N) is 1. The second kappa shape index (κ2) is 10.5. The maximum atomic E-state index is 13.1. The van der Waals surface area contributed by atoms with Crippen molar-refractivity contribution in [3.8, 4) is 17.2 Å². The van der Waals surface area contributed by atoms with E-state index in [-0.39, 0.29) is 17.3 Å². The zero-order valence-corrected chi connectivity index (χ0v) is 18.8. The summed E-state index contributed by atoms with van der Waals surface area (Å²) in [5.74, 6) is 0.383. The second-order valence-electron chi connectivity index (χ2n) is 7.07. The fraction of sp³-hybridized carbons (Fsp3) is 0.364. The molecule has 0 radical (unpaired) electrons. The number of nitrogens with zero attached hydrogens (tertiary/aromatic N) is 1. The molecular formula is C22H26N2O7S. The zero-order chi connectivity index (χ0) is 23.1. The Morgan fingerprint density at radius 3 is 2.44 bits per heavy atom. The fourth-order valence-electron chi connectivity index (χ4n) is 3.35. The first kappa shape index (κ1) is 23.6. The predicted octanol–water partition coefficient (Wildman–Crippen LogP) is 2.71. The van der Waals surface area contributed by atoms with E-state index < -0.39 is 15.9 Å². The van der Waals surface area contributed by atoms with Gasteiger partial charge in [-0.15, -0.1) is 0 Å². The van der Waals surface area contributed by atoms with Gasteiger partial charge in [-0.05, 0) is 56.2 Å². The van der Waals surface area contributed by atoms with E-state index in [1.54, 1.807) is 19.1 Å². The number of hydrogen-bond donors (Lipinski definition) is 1. The molecule has 0 aromatic heterocycles. The zero-order valence-electron chi connectivity index (χ0n) is 18.0. The van der Waals surface area contributed by atoms with Crippen molar-refractivity contribution in [2.75, 3.05) is 38.7 Å². The molecule has 2 aromatic carbocycles. The van der Waals surface area contributed by atoms with Gasteiger partial charge in [0.15, 0.2) is 18.1 Å². The van der Waals surface area contributed by atoms with E-state index in [9.17, 15) is 18.0 Å². The number of hydrogen-bond acceptors (Lipinski definition) is 7. The lowest BCUT2D eigenvalue weighted by molar-refractivity contribution is -0.118. The number of aldehydes is 1. The first-order valence-corrected chi connectivity index (χ1v) is 11.7. The molecule has 9 nitrogen and oxygen atoms in total. The Balaban J connectivity index is 1.74. The van der Waals surface area contributed by atoms with Gasteiger partial charge in [-0.2, -0.15) is 4.31 Å². The molecule has 1 saturated heterocycles. The summed E-state index contributed by atoms with van der Waals surface area (Å²) in [5.41, 5.74) is 0.725. The lowest BCUT2D eigenvalue weighted by Crippen LogP contribution is -2.28. The molecule has 1 N–H and O–H groups in total. The van der Waals surface area contributed by atoms with Crippen LogP contribution in [0.25, 0.3) is 0 Å². The Bertz CT molecular complexity index is 1080. The van der Waals surface area contributed by atoms with E-state index in [0.717, 1.165) is 12.8 Å². The van der Waals surface area contributed by atoms with Gasteiger partial charge >= 0.3 is 0 Å². The van der Waals surface area contributed by atoms with Crippen molar-refractivity contribution < 1.29 is 32.2 Å². The molecule has 1 aliphatic rings. The van der Waals surface area contributed by atoms with E-state index in [1.807, 2.05) is 0 Å². The summed E-state index contributed by atoms with van der Waals surface area (Å²) < 4.78 is 43.8. The Hall–Kier alpha value is -3.11. The fourth-order valence-corrected chi connectivity index (χ4v) is 5.02. The lowest BCUT2D eigenvalue weighted by Gasteiger charge is -2.19. The minimum Gasteiger partial charge on any atom is -0.493 e. The van der Waals surface area contributed by atoms with Crippen LogP contribution in [-0.4, -0.2) is 58.3 Å². The number of sulfonamides is 1. The van der Waals surface area contributed by atoms with Gasteiger partial charge in [0.1, 0.15) is 16.9 Å².